The number of halogens is 2. The van der Waals surface area contributed by atoms with E-state index >= 15 is 0 Å². The van der Waals surface area contributed by atoms with E-state index in [4.69, 9.17) is 32.2 Å². The zero-order chi connectivity index (χ0) is 17.3. The topological polar surface area (TPSA) is 119 Å². The number of rotatable bonds is 8. The normalized spacial score (nSPS) is 17.2. The average molecular weight is 406 g/mol. The van der Waals surface area contributed by atoms with Gasteiger partial charge >= 0.3 is 7.60 Å². The van der Waals surface area contributed by atoms with Crippen molar-refractivity contribution in [3.63, 3.8) is 0 Å². The molecule has 1 atom stereocenters. The van der Waals surface area contributed by atoms with Crippen molar-refractivity contribution < 1.29 is 35.5 Å². The summed E-state index contributed by atoms with van der Waals surface area (Å²) < 4.78 is 57.0. The molecule has 8 nitrogen and oxygen atoms in total. The van der Waals surface area contributed by atoms with Gasteiger partial charge in [-0.1, -0.05) is 23.2 Å². The van der Waals surface area contributed by atoms with Crippen LogP contribution in [0.1, 0.15) is 27.7 Å². The number of alkyl halides is 2. The second kappa shape index (κ2) is 7.16. The monoisotopic (exact) mass is 405 g/mol. The summed E-state index contributed by atoms with van der Waals surface area (Å²) in [6, 6.07) is 0. The summed E-state index contributed by atoms with van der Waals surface area (Å²) in [4.78, 5) is 11.9. The maximum Gasteiger partial charge on any atom is 0.375 e. The van der Waals surface area contributed by atoms with E-state index < -0.39 is 41.3 Å². The molecule has 0 aromatic rings. The predicted molar refractivity (Wildman–Crippen MR) is 78.0 cm³/mol. The van der Waals surface area contributed by atoms with Crippen LogP contribution in [0, 0.1) is 0 Å². The Balaban J connectivity index is 5.86. The van der Waals surface area contributed by atoms with Gasteiger partial charge in [0.1, 0.15) is 0 Å². The molecule has 13 heteroatoms. The molecule has 128 valence electrons. The lowest BCUT2D eigenvalue weighted by atomic mass is 10.5. The molecule has 0 aromatic carbocycles. The third-order valence-corrected chi connectivity index (χ3v) is 10.1. The van der Waals surface area contributed by atoms with E-state index in [-0.39, 0.29) is 0 Å². The first-order valence-corrected chi connectivity index (χ1v) is 11.3. The molecule has 21 heavy (non-hydrogen) atoms. The maximum atomic E-state index is 12.6. The summed E-state index contributed by atoms with van der Waals surface area (Å²) in [6.45, 7) is 5.75. The van der Waals surface area contributed by atoms with Crippen molar-refractivity contribution in [2.75, 3.05) is 6.26 Å². The molecule has 0 radical (unpaired) electrons. The smallest absolute Gasteiger partial charge is 0.375 e. The molecule has 0 aliphatic carbocycles. The molecule has 0 heterocycles. The van der Waals surface area contributed by atoms with Crippen LogP contribution >= 0.6 is 38.4 Å². The third kappa shape index (κ3) is 6.09. The molecular formula is C8H17Cl2O8P2S-. The zero-order valence-corrected chi connectivity index (χ0v) is 16.1. The summed E-state index contributed by atoms with van der Waals surface area (Å²) in [5.41, 5.74) is 0. The minimum Gasteiger partial charge on any atom is -0.775 e. The van der Waals surface area contributed by atoms with Crippen molar-refractivity contribution in [2.45, 2.75) is 43.7 Å². The van der Waals surface area contributed by atoms with Crippen molar-refractivity contribution >= 4 is 48.5 Å². The van der Waals surface area contributed by atoms with Crippen LogP contribution in [0.5, 0.6) is 0 Å². The lowest BCUT2D eigenvalue weighted by molar-refractivity contribution is -0.191. The number of hydrogen-bond donors (Lipinski definition) is 0. The molecule has 0 rings (SSSR count). The Hall–Kier alpha value is 0.830. The van der Waals surface area contributed by atoms with Crippen LogP contribution in [0.3, 0.4) is 0 Å². The van der Waals surface area contributed by atoms with Crippen molar-refractivity contribution in [3.05, 3.63) is 0 Å². The highest BCUT2D eigenvalue weighted by Crippen LogP contribution is 2.79. The Labute approximate surface area is 134 Å². The molecule has 1 unspecified atom stereocenters. The van der Waals surface area contributed by atoms with Gasteiger partial charge in [0.05, 0.1) is 18.5 Å². The van der Waals surface area contributed by atoms with Crippen LogP contribution in [0.4, 0.5) is 0 Å². The fraction of sp³-hybridized carbons (Fsp3) is 1.00. The van der Waals surface area contributed by atoms with Gasteiger partial charge in [-0.15, -0.1) is 0 Å². The molecule has 0 aliphatic rings. The Bertz CT molecular complexity index is 545. The van der Waals surface area contributed by atoms with Crippen LogP contribution in [-0.2, 0) is 32.3 Å². The van der Waals surface area contributed by atoms with Crippen LogP contribution < -0.4 is 4.89 Å². The SMILES string of the molecule is CC(C)OP(=O)(OC(C)C)C(Cl)(Cl)P(=O)([O-])OS(C)(=O)=O. The second-order valence-corrected chi connectivity index (χ2v) is 13.1. The van der Waals surface area contributed by atoms with E-state index in [0.717, 1.165) is 0 Å². The highest BCUT2D eigenvalue weighted by molar-refractivity contribution is 7.93. The first-order valence-electron chi connectivity index (χ1n) is 5.61. The highest BCUT2D eigenvalue weighted by atomic mass is 35.5. The Morgan fingerprint density at radius 2 is 1.38 bits per heavy atom. The second-order valence-electron chi connectivity index (χ2n) is 4.59. The standard InChI is InChI=1S/C8H18Cl2O8P2S/c1-6(2)16-20(13,17-7(3)4)8(9,10)19(11,12)18-21(5,14)15/h6-7H,1-5H3,(H,11,12)/p-1. The minimum absolute atomic E-state index is 0.471. The van der Waals surface area contributed by atoms with E-state index in [2.05, 4.69) is 3.97 Å². The van der Waals surface area contributed by atoms with Gasteiger partial charge in [-0.25, -0.2) is 3.97 Å². The van der Waals surface area contributed by atoms with E-state index in [0.29, 0.717) is 6.26 Å². The lowest BCUT2D eigenvalue weighted by Gasteiger charge is -2.38. The minimum atomic E-state index is -5.57. The first kappa shape index (κ1) is 21.8. The maximum absolute atomic E-state index is 12.6. The zero-order valence-electron chi connectivity index (χ0n) is 12.0. The molecule has 0 fully saturated rings. The van der Waals surface area contributed by atoms with Gasteiger partial charge < -0.3 is 18.5 Å². The van der Waals surface area contributed by atoms with Crippen LogP contribution in [0.15, 0.2) is 0 Å². The van der Waals surface area contributed by atoms with E-state index in [1.807, 2.05) is 0 Å². The van der Waals surface area contributed by atoms with Gasteiger partial charge in [0.2, 0.25) is 7.60 Å². The van der Waals surface area contributed by atoms with Gasteiger partial charge in [-0.05, 0) is 27.7 Å². The molecule has 0 saturated carbocycles. The lowest BCUT2D eigenvalue weighted by Crippen LogP contribution is -2.29. The first-order chi connectivity index (χ1) is 9.04. The molecule has 0 amide bonds. The van der Waals surface area contributed by atoms with Crippen LogP contribution in [0.25, 0.3) is 0 Å². The molecule has 0 saturated heterocycles. The van der Waals surface area contributed by atoms with Gasteiger partial charge in [-0.2, -0.15) is 8.42 Å². The summed E-state index contributed by atoms with van der Waals surface area (Å²) in [7, 11) is -14.7. The van der Waals surface area contributed by atoms with E-state index in [1.54, 1.807) is 0 Å². The van der Waals surface area contributed by atoms with E-state index in [1.165, 1.54) is 27.7 Å². The van der Waals surface area contributed by atoms with Crippen molar-refractivity contribution in [1.82, 2.24) is 0 Å². The molecular weight excluding hydrogens is 389 g/mol. The van der Waals surface area contributed by atoms with Gasteiger partial charge in [0.15, 0.2) is 0 Å². The van der Waals surface area contributed by atoms with Gasteiger partial charge in [0, 0.05) is 0 Å². The average Bonchev–Trinajstić information content (AvgIpc) is 2.09. The fourth-order valence-electron chi connectivity index (χ4n) is 1.08. The third-order valence-electron chi connectivity index (χ3n) is 1.59. The largest absolute Gasteiger partial charge is 0.775 e. The fourth-order valence-corrected chi connectivity index (χ4v) is 7.05. The van der Waals surface area contributed by atoms with Crippen LogP contribution in [-0.4, -0.2) is 30.7 Å². The van der Waals surface area contributed by atoms with Gasteiger partial charge in [-0.3, -0.25) is 4.57 Å². The van der Waals surface area contributed by atoms with Crippen molar-refractivity contribution in [2.24, 2.45) is 0 Å². The van der Waals surface area contributed by atoms with Crippen molar-refractivity contribution in [3.8, 4) is 0 Å². The summed E-state index contributed by atoms with van der Waals surface area (Å²) in [5.74, 6) is 0. The summed E-state index contributed by atoms with van der Waals surface area (Å²) >= 11 is 11.2. The Morgan fingerprint density at radius 3 is 1.62 bits per heavy atom. The van der Waals surface area contributed by atoms with Crippen LogP contribution in [0.2, 0.25) is 0 Å². The molecule has 0 aromatic heterocycles. The van der Waals surface area contributed by atoms with Gasteiger partial charge in [0.25, 0.3) is 13.9 Å². The Kier molecular flexibility index (Phi) is 7.44. The molecule has 0 aliphatic heterocycles. The summed E-state index contributed by atoms with van der Waals surface area (Å²) in [6.07, 6.45) is -1.05. The van der Waals surface area contributed by atoms with Crippen molar-refractivity contribution in [1.29, 1.82) is 0 Å². The molecule has 0 spiro atoms. The molecule has 0 N–H and O–H groups in total. The van der Waals surface area contributed by atoms with E-state index in [9.17, 15) is 22.4 Å². The molecule has 0 bridgehead atoms. The highest BCUT2D eigenvalue weighted by Gasteiger charge is 2.59. The summed E-state index contributed by atoms with van der Waals surface area (Å²) in [5, 5.41) is 0. The quantitative estimate of drug-likeness (QED) is 0.446. The Morgan fingerprint density at radius 1 is 1.05 bits per heavy atom. The predicted octanol–water partition coefficient (Wildman–Crippen LogP) is 2.65. The number of hydrogen-bond acceptors (Lipinski definition) is 8.